The van der Waals surface area contributed by atoms with Crippen LogP contribution < -0.4 is 5.32 Å². The summed E-state index contributed by atoms with van der Waals surface area (Å²) in [4.78, 5) is 31.5. The summed E-state index contributed by atoms with van der Waals surface area (Å²) in [6.07, 6.45) is -0.840. The lowest BCUT2D eigenvalue weighted by Crippen LogP contribution is -2.44. The van der Waals surface area contributed by atoms with Crippen molar-refractivity contribution in [2.45, 2.75) is 45.8 Å². The quantitative estimate of drug-likeness (QED) is 0.809. The molecule has 0 aromatic carbocycles. The fourth-order valence-electron chi connectivity index (χ4n) is 1.94. The lowest BCUT2D eigenvalue weighted by atomic mass is 10.2. The minimum Gasteiger partial charge on any atom is -0.480 e. The second-order valence-electron chi connectivity index (χ2n) is 6.40. The number of carboxylic acids is 1. The number of thiazole rings is 1. The molecule has 0 radical (unpaired) electrons. The maximum absolute atomic E-state index is 11.8. The van der Waals surface area contributed by atoms with E-state index in [1.165, 1.54) is 11.3 Å². The van der Waals surface area contributed by atoms with Crippen molar-refractivity contribution in [2.75, 3.05) is 0 Å². The third-order valence-corrected chi connectivity index (χ3v) is 3.91. The molecule has 0 aliphatic heterocycles. The van der Waals surface area contributed by atoms with Crippen LogP contribution >= 0.6 is 11.3 Å². The molecule has 138 valence electrons. The molecule has 0 unspecified atom stereocenters. The summed E-state index contributed by atoms with van der Waals surface area (Å²) in [7, 11) is 0. The summed E-state index contributed by atoms with van der Waals surface area (Å²) in [5.74, 6) is -0.632. The predicted molar refractivity (Wildman–Crippen MR) is 91.6 cm³/mol. The number of carbonyl (C=O) groups excluding carboxylic acids is 1. The number of hydrogen-bond acceptors (Lipinski definition) is 8. The second kappa shape index (κ2) is 7.53. The molecule has 2 aromatic heterocycles. The highest BCUT2D eigenvalue weighted by Crippen LogP contribution is 2.24. The van der Waals surface area contributed by atoms with Crippen LogP contribution in [0.25, 0.3) is 11.6 Å². The summed E-state index contributed by atoms with van der Waals surface area (Å²) in [5.41, 5.74) is -0.163. The van der Waals surface area contributed by atoms with Gasteiger partial charge in [-0.1, -0.05) is 0 Å². The standard InChI is InChI=1S/C16H18N4O5S/c1-8-10(6-17)19-13(24-8)11-7-26-12(18-11)5-9(14(21)22)20-15(23)25-16(2,3)4/h7,9H,5H2,1-4H3,(H,20,23)(H,21,22)/t9-/m0/s1. The van der Waals surface area contributed by atoms with Crippen molar-refractivity contribution < 1.29 is 23.8 Å². The fourth-order valence-corrected chi connectivity index (χ4v) is 2.75. The molecule has 0 spiro atoms. The number of hydrogen-bond donors (Lipinski definition) is 2. The van der Waals surface area contributed by atoms with E-state index in [1.54, 1.807) is 33.1 Å². The Hall–Kier alpha value is -2.93. The molecule has 1 atom stereocenters. The van der Waals surface area contributed by atoms with Gasteiger partial charge in [0.05, 0.1) is 5.01 Å². The minimum atomic E-state index is -1.20. The molecular formula is C16H18N4O5S. The normalized spacial score (nSPS) is 12.3. The molecule has 9 nitrogen and oxygen atoms in total. The van der Waals surface area contributed by atoms with Crippen LogP contribution in [0.15, 0.2) is 9.80 Å². The predicted octanol–water partition coefficient (Wildman–Crippen LogP) is 2.50. The molecule has 0 aliphatic rings. The van der Waals surface area contributed by atoms with Gasteiger partial charge in [-0.25, -0.2) is 14.6 Å². The molecule has 26 heavy (non-hydrogen) atoms. The highest BCUT2D eigenvalue weighted by Gasteiger charge is 2.25. The molecule has 2 N–H and O–H groups in total. The Balaban J connectivity index is 2.10. The highest BCUT2D eigenvalue weighted by atomic mass is 32.1. The van der Waals surface area contributed by atoms with Crippen LogP contribution in [0.3, 0.4) is 0 Å². The number of amides is 1. The zero-order valence-corrected chi connectivity index (χ0v) is 15.5. The lowest BCUT2D eigenvalue weighted by molar-refractivity contribution is -0.139. The van der Waals surface area contributed by atoms with Crippen LogP contribution in [0.4, 0.5) is 4.79 Å². The van der Waals surface area contributed by atoms with E-state index in [0.29, 0.717) is 16.5 Å². The third-order valence-electron chi connectivity index (χ3n) is 3.04. The largest absolute Gasteiger partial charge is 0.480 e. The number of oxazole rings is 1. The van der Waals surface area contributed by atoms with Crippen molar-refractivity contribution in [2.24, 2.45) is 0 Å². The van der Waals surface area contributed by atoms with Crippen LogP contribution in [0.5, 0.6) is 0 Å². The van der Waals surface area contributed by atoms with Gasteiger partial charge in [-0.15, -0.1) is 11.3 Å². The van der Waals surface area contributed by atoms with Gasteiger partial charge in [0.1, 0.15) is 29.2 Å². The topological polar surface area (TPSA) is 138 Å². The van der Waals surface area contributed by atoms with Crippen molar-refractivity contribution in [3.63, 3.8) is 0 Å². The highest BCUT2D eigenvalue weighted by molar-refractivity contribution is 7.09. The van der Waals surface area contributed by atoms with Crippen LogP contribution in [0.2, 0.25) is 0 Å². The molecule has 0 saturated carbocycles. The molecule has 0 bridgehead atoms. The Morgan fingerprint density at radius 1 is 1.46 bits per heavy atom. The van der Waals surface area contributed by atoms with Gasteiger partial charge in [0.25, 0.3) is 0 Å². The number of aryl methyl sites for hydroxylation is 1. The van der Waals surface area contributed by atoms with Crippen LogP contribution in [0, 0.1) is 18.3 Å². The zero-order chi connectivity index (χ0) is 19.5. The number of rotatable bonds is 5. The third kappa shape index (κ3) is 5.03. The molecule has 2 aromatic rings. The number of carbonyl (C=O) groups is 2. The lowest BCUT2D eigenvalue weighted by Gasteiger charge is -2.21. The molecule has 10 heteroatoms. The number of nitriles is 1. The van der Waals surface area contributed by atoms with E-state index < -0.39 is 23.7 Å². The fraction of sp³-hybridized carbons (Fsp3) is 0.438. The van der Waals surface area contributed by atoms with Crippen molar-refractivity contribution in [1.82, 2.24) is 15.3 Å². The summed E-state index contributed by atoms with van der Waals surface area (Å²) in [6.45, 7) is 6.67. The van der Waals surface area contributed by atoms with E-state index >= 15 is 0 Å². The molecule has 1 amide bonds. The van der Waals surface area contributed by atoms with E-state index in [1.807, 2.05) is 6.07 Å². The van der Waals surface area contributed by atoms with Gasteiger partial charge in [-0.3, -0.25) is 0 Å². The number of aliphatic carboxylic acids is 1. The Morgan fingerprint density at radius 3 is 2.69 bits per heavy atom. The maximum Gasteiger partial charge on any atom is 0.408 e. The van der Waals surface area contributed by atoms with E-state index in [0.717, 1.165) is 0 Å². The van der Waals surface area contributed by atoms with E-state index in [4.69, 9.17) is 14.4 Å². The molecule has 0 fully saturated rings. The van der Waals surface area contributed by atoms with E-state index in [-0.39, 0.29) is 18.0 Å². The average Bonchev–Trinajstić information content (AvgIpc) is 3.10. The number of alkyl carbamates (subject to hydrolysis) is 1. The molecule has 2 heterocycles. The SMILES string of the molecule is Cc1oc(-c2csc(C[C@H](NC(=O)OC(C)(C)C)C(=O)O)n2)nc1C#N. The molecule has 2 rings (SSSR count). The van der Waals surface area contributed by atoms with Crippen LogP contribution in [-0.2, 0) is 16.0 Å². The van der Waals surface area contributed by atoms with Gasteiger partial charge in [0.15, 0.2) is 5.69 Å². The first kappa shape index (κ1) is 19.4. The first-order valence-electron chi connectivity index (χ1n) is 7.63. The first-order chi connectivity index (χ1) is 12.1. The maximum atomic E-state index is 11.8. The number of aromatic nitrogens is 2. The van der Waals surface area contributed by atoms with Gasteiger partial charge in [0, 0.05) is 11.8 Å². The zero-order valence-electron chi connectivity index (χ0n) is 14.7. The first-order valence-corrected chi connectivity index (χ1v) is 8.51. The molecule has 0 saturated heterocycles. The van der Waals surface area contributed by atoms with Crippen LogP contribution in [0.1, 0.15) is 37.2 Å². The summed E-state index contributed by atoms with van der Waals surface area (Å²) in [5, 5.41) is 22.7. The van der Waals surface area contributed by atoms with E-state index in [9.17, 15) is 14.7 Å². The molecular weight excluding hydrogens is 360 g/mol. The number of nitrogens with zero attached hydrogens (tertiary/aromatic N) is 3. The van der Waals surface area contributed by atoms with Gasteiger partial charge in [0.2, 0.25) is 5.89 Å². The van der Waals surface area contributed by atoms with Crippen molar-refractivity contribution >= 4 is 23.4 Å². The van der Waals surface area contributed by atoms with Crippen LogP contribution in [-0.4, -0.2) is 38.8 Å². The van der Waals surface area contributed by atoms with Crippen molar-refractivity contribution in [3.8, 4) is 17.7 Å². The van der Waals surface area contributed by atoms with Crippen molar-refractivity contribution in [1.29, 1.82) is 5.26 Å². The Labute approximate surface area is 153 Å². The minimum absolute atomic E-state index is 0.0238. The number of ether oxygens (including phenoxy) is 1. The molecule has 0 aliphatic carbocycles. The summed E-state index contributed by atoms with van der Waals surface area (Å²) in [6, 6.07) is 0.721. The van der Waals surface area contributed by atoms with Gasteiger partial charge < -0.3 is 19.6 Å². The second-order valence-corrected chi connectivity index (χ2v) is 7.35. The van der Waals surface area contributed by atoms with Gasteiger partial charge >= 0.3 is 12.1 Å². The number of nitrogens with one attached hydrogen (secondary N) is 1. The Kier molecular flexibility index (Phi) is 5.62. The van der Waals surface area contributed by atoms with E-state index in [2.05, 4.69) is 15.3 Å². The average molecular weight is 378 g/mol. The Bertz CT molecular complexity index is 859. The Morgan fingerprint density at radius 2 is 2.15 bits per heavy atom. The van der Waals surface area contributed by atoms with Gasteiger partial charge in [-0.2, -0.15) is 10.2 Å². The summed E-state index contributed by atoms with van der Waals surface area (Å²) >= 11 is 1.20. The van der Waals surface area contributed by atoms with Gasteiger partial charge in [-0.05, 0) is 27.7 Å². The number of carboxylic acid groups (broad SMARTS) is 1. The van der Waals surface area contributed by atoms with Crippen molar-refractivity contribution in [3.05, 3.63) is 21.8 Å². The monoisotopic (exact) mass is 378 g/mol. The summed E-state index contributed by atoms with van der Waals surface area (Å²) < 4.78 is 10.5. The smallest absolute Gasteiger partial charge is 0.408 e.